The maximum Gasteiger partial charge on any atom is 0.319 e. The van der Waals surface area contributed by atoms with E-state index in [0.717, 1.165) is 30.8 Å². The Labute approximate surface area is 110 Å². The quantitative estimate of drug-likeness (QED) is 0.556. The van der Waals surface area contributed by atoms with Crippen LogP contribution in [0.5, 0.6) is 0 Å². The molecule has 1 saturated carbocycles. The second kappa shape index (κ2) is 6.17. The van der Waals surface area contributed by atoms with Gasteiger partial charge >= 0.3 is 5.97 Å². The molecule has 1 atom stereocenters. The molecule has 100 valence electrons. The summed E-state index contributed by atoms with van der Waals surface area (Å²) in [5.74, 6) is -0.172. The average Bonchev–Trinajstić information content (AvgIpc) is 3.10. The summed E-state index contributed by atoms with van der Waals surface area (Å²) in [7, 11) is 0. The molecule has 0 aromatic carbocycles. The minimum Gasteiger partial charge on any atom is -0.465 e. The van der Waals surface area contributed by atoms with Gasteiger partial charge in [0, 0.05) is 0 Å². The Kier molecular flexibility index (Phi) is 4.57. The number of tetrazole rings is 1. The zero-order valence-corrected chi connectivity index (χ0v) is 11.5. The molecule has 7 heteroatoms. The van der Waals surface area contributed by atoms with Crippen LogP contribution >= 0.6 is 11.8 Å². The number of esters is 1. The molecular formula is C11H18N4O2S. The average molecular weight is 270 g/mol. The van der Waals surface area contributed by atoms with Crippen molar-refractivity contribution in [3.63, 3.8) is 0 Å². The van der Waals surface area contributed by atoms with Gasteiger partial charge in [0.2, 0.25) is 5.16 Å². The molecule has 0 radical (unpaired) electrons. The SMILES string of the molecule is CCCC(Sc1nnnn1C1CC1)C(=O)OCC. The molecule has 0 bridgehead atoms. The van der Waals surface area contributed by atoms with E-state index in [2.05, 4.69) is 22.4 Å². The van der Waals surface area contributed by atoms with E-state index in [9.17, 15) is 4.79 Å². The topological polar surface area (TPSA) is 69.9 Å². The highest BCUT2D eigenvalue weighted by Crippen LogP contribution is 2.37. The maximum absolute atomic E-state index is 11.8. The highest BCUT2D eigenvalue weighted by Gasteiger charge is 2.30. The third-order valence-electron chi connectivity index (χ3n) is 2.70. The van der Waals surface area contributed by atoms with Crippen molar-refractivity contribution < 1.29 is 9.53 Å². The summed E-state index contributed by atoms with van der Waals surface area (Å²) in [6.45, 7) is 4.28. The van der Waals surface area contributed by atoms with Crippen molar-refractivity contribution in [2.75, 3.05) is 6.61 Å². The summed E-state index contributed by atoms with van der Waals surface area (Å²) in [6, 6.07) is 0.423. The first kappa shape index (κ1) is 13.3. The predicted octanol–water partition coefficient (Wildman–Crippen LogP) is 1.83. The van der Waals surface area contributed by atoms with Crippen molar-refractivity contribution in [2.45, 2.75) is 56.0 Å². The first-order chi connectivity index (χ1) is 8.76. The van der Waals surface area contributed by atoms with Crippen LogP contribution in [0.15, 0.2) is 5.16 Å². The first-order valence-electron chi connectivity index (χ1n) is 6.37. The molecule has 0 N–H and O–H groups in total. The Morgan fingerprint density at radius 1 is 1.56 bits per heavy atom. The van der Waals surface area contributed by atoms with Crippen molar-refractivity contribution in [1.82, 2.24) is 20.2 Å². The van der Waals surface area contributed by atoms with Gasteiger partial charge in [-0.2, -0.15) is 0 Å². The van der Waals surface area contributed by atoms with Crippen molar-refractivity contribution in [2.24, 2.45) is 0 Å². The van der Waals surface area contributed by atoms with Gasteiger partial charge in [-0.05, 0) is 36.6 Å². The van der Waals surface area contributed by atoms with E-state index < -0.39 is 0 Å². The molecule has 18 heavy (non-hydrogen) atoms. The van der Waals surface area contributed by atoms with Gasteiger partial charge in [-0.25, -0.2) is 4.68 Å². The highest BCUT2D eigenvalue weighted by atomic mass is 32.2. The zero-order chi connectivity index (χ0) is 13.0. The number of carbonyl (C=O) groups excluding carboxylic acids is 1. The van der Waals surface area contributed by atoms with Crippen molar-refractivity contribution in [1.29, 1.82) is 0 Å². The molecule has 1 aromatic heterocycles. The standard InChI is InChI=1S/C11H18N4O2S/c1-3-5-9(10(16)17-4-2)18-11-12-13-14-15(11)8-6-7-8/h8-9H,3-7H2,1-2H3. The van der Waals surface area contributed by atoms with Gasteiger partial charge in [-0.3, -0.25) is 4.79 Å². The predicted molar refractivity (Wildman–Crippen MR) is 67.3 cm³/mol. The largest absolute Gasteiger partial charge is 0.465 e. The lowest BCUT2D eigenvalue weighted by atomic mass is 10.2. The second-order valence-corrected chi connectivity index (χ2v) is 5.45. The number of carbonyl (C=O) groups is 1. The van der Waals surface area contributed by atoms with Crippen LogP contribution in [-0.4, -0.2) is 38.0 Å². The van der Waals surface area contributed by atoms with Crippen LogP contribution in [0.1, 0.15) is 45.6 Å². The smallest absolute Gasteiger partial charge is 0.319 e. The fraction of sp³-hybridized carbons (Fsp3) is 0.818. The van der Waals surface area contributed by atoms with E-state index in [0.29, 0.717) is 12.6 Å². The molecule has 6 nitrogen and oxygen atoms in total. The normalized spacial score (nSPS) is 16.6. The Hall–Kier alpha value is -1.11. The minimum absolute atomic E-state index is 0.172. The number of hydrogen-bond acceptors (Lipinski definition) is 6. The number of aromatic nitrogens is 4. The van der Waals surface area contributed by atoms with Crippen LogP contribution in [0, 0.1) is 0 Å². The first-order valence-corrected chi connectivity index (χ1v) is 7.25. The molecule has 0 spiro atoms. The Morgan fingerprint density at radius 2 is 2.33 bits per heavy atom. The van der Waals surface area contributed by atoms with Crippen LogP contribution in [0.3, 0.4) is 0 Å². The third kappa shape index (κ3) is 3.22. The van der Waals surface area contributed by atoms with Gasteiger partial charge in [0.05, 0.1) is 12.6 Å². The summed E-state index contributed by atoms with van der Waals surface area (Å²) < 4.78 is 6.91. The molecule has 1 aromatic rings. The van der Waals surface area contributed by atoms with Crippen molar-refractivity contribution in [3.8, 4) is 0 Å². The fourth-order valence-electron chi connectivity index (χ4n) is 1.66. The number of nitrogens with zero attached hydrogens (tertiary/aromatic N) is 4. The van der Waals surface area contributed by atoms with Gasteiger partial charge < -0.3 is 4.74 Å². The van der Waals surface area contributed by atoms with E-state index in [1.807, 2.05) is 11.6 Å². The van der Waals surface area contributed by atoms with Crippen molar-refractivity contribution >= 4 is 17.7 Å². The molecule has 0 saturated heterocycles. The Balaban J connectivity index is 2.02. The van der Waals surface area contributed by atoms with Crippen LogP contribution < -0.4 is 0 Å². The lowest BCUT2D eigenvalue weighted by molar-refractivity contribution is -0.142. The molecule has 1 heterocycles. The van der Waals surface area contributed by atoms with E-state index >= 15 is 0 Å². The molecular weight excluding hydrogens is 252 g/mol. The summed E-state index contributed by atoms with van der Waals surface area (Å²) >= 11 is 1.42. The number of ether oxygens (including phenoxy) is 1. The van der Waals surface area contributed by atoms with Crippen LogP contribution in [0.25, 0.3) is 0 Å². The van der Waals surface area contributed by atoms with Gasteiger partial charge in [-0.15, -0.1) is 5.10 Å². The molecule has 1 aliphatic carbocycles. The summed E-state index contributed by atoms with van der Waals surface area (Å²) in [5, 5.41) is 12.2. The molecule has 1 unspecified atom stereocenters. The zero-order valence-electron chi connectivity index (χ0n) is 10.7. The molecule has 1 fully saturated rings. The summed E-state index contributed by atoms with van der Waals surface area (Å²) in [4.78, 5) is 11.8. The monoisotopic (exact) mass is 270 g/mol. The minimum atomic E-state index is -0.210. The van der Waals surface area contributed by atoms with Crippen LogP contribution in [-0.2, 0) is 9.53 Å². The van der Waals surface area contributed by atoms with E-state index in [-0.39, 0.29) is 11.2 Å². The van der Waals surface area contributed by atoms with E-state index in [1.54, 1.807) is 0 Å². The number of rotatable bonds is 7. The van der Waals surface area contributed by atoms with E-state index in [4.69, 9.17) is 4.74 Å². The lowest BCUT2D eigenvalue weighted by Gasteiger charge is -2.13. The van der Waals surface area contributed by atoms with Gasteiger partial charge in [0.1, 0.15) is 5.25 Å². The van der Waals surface area contributed by atoms with E-state index in [1.165, 1.54) is 11.8 Å². The molecule has 0 aliphatic heterocycles. The Bertz CT molecular complexity index is 406. The molecule has 0 amide bonds. The fourth-order valence-corrected chi connectivity index (χ4v) is 2.81. The Morgan fingerprint density at radius 3 is 2.94 bits per heavy atom. The van der Waals surface area contributed by atoms with Crippen LogP contribution in [0.2, 0.25) is 0 Å². The van der Waals surface area contributed by atoms with Gasteiger partial charge in [0.15, 0.2) is 0 Å². The maximum atomic E-state index is 11.8. The lowest BCUT2D eigenvalue weighted by Crippen LogP contribution is -2.21. The summed E-state index contributed by atoms with van der Waals surface area (Å²) in [5.41, 5.74) is 0. The summed E-state index contributed by atoms with van der Waals surface area (Å²) in [6.07, 6.45) is 3.95. The second-order valence-electron chi connectivity index (χ2n) is 4.28. The number of hydrogen-bond donors (Lipinski definition) is 0. The molecule has 2 rings (SSSR count). The van der Waals surface area contributed by atoms with Gasteiger partial charge in [0.25, 0.3) is 0 Å². The third-order valence-corrected chi connectivity index (χ3v) is 3.90. The number of thioether (sulfide) groups is 1. The molecule has 1 aliphatic rings. The van der Waals surface area contributed by atoms with Crippen molar-refractivity contribution in [3.05, 3.63) is 0 Å². The highest BCUT2D eigenvalue weighted by molar-refractivity contribution is 8.00. The van der Waals surface area contributed by atoms with Gasteiger partial charge in [-0.1, -0.05) is 25.1 Å². The van der Waals surface area contributed by atoms with Crippen LogP contribution in [0.4, 0.5) is 0 Å².